The van der Waals surface area contributed by atoms with Crippen molar-refractivity contribution in [2.24, 2.45) is 0 Å². The molecule has 2 unspecified atom stereocenters. The molecule has 4 rings (SSSR count). The van der Waals surface area contributed by atoms with Crippen LogP contribution < -0.4 is 0 Å². The fourth-order valence-corrected chi connectivity index (χ4v) is 4.04. The molecule has 2 aliphatic heterocycles. The predicted molar refractivity (Wildman–Crippen MR) is 95.1 cm³/mol. The van der Waals surface area contributed by atoms with Crippen LogP contribution in [0.4, 0.5) is 4.39 Å². The molecule has 1 aromatic carbocycles. The molecule has 2 aliphatic rings. The molecule has 2 fully saturated rings. The highest BCUT2D eigenvalue weighted by molar-refractivity contribution is 5.25. The van der Waals surface area contributed by atoms with E-state index < -0.39 is 0 Å². The maximum Gasteiger partial charge on any atom is 0.173 e. The van der Waals surface area contributed by atoms with Gasteiger partial charge in [0.2, 0.25) is 0 Å². The molecule has 1 aromatic heterocycles. The van der Waals surface area contributed by atoms with Gasteiger partial charge in [-0.3, -0.25) is 4.90 Å². The molecule has 0 N–H and O–H groups in total. The average Bonchev–Trinajstić information content (AvgIpc) is 3.25. The number of rotatable bonds is 5. The van der Waals surface area contributed by atoms with E-state index in [0.29, 0.717) is 6.54 Å². The number of tetrazole rings is 1. The minimum Gasteiger partial charge on any atom is -0.376 e. The van der Waals surface area contributed by atoms with Crippen LogP contribution in [0.15, 0.2) is 24.3 Å². The van der Waals surface area contributed by atoms with Gasteiger partial charge in [-0.25, -0.2) is 9.07 Å². The molecule has 26 heavy (non-hydrogen) atoms. The van der Waals surface area contributed by atoms with Crippen molar-refractivity contribution in [2.45, 2.75) is 57.2 Å². The first-order valence-electron chi connectivity index (χ1n) is 9.68. The molecule has 2 saturated heterocycles. The number of hydrogen-bond donors (Lipinski definition) is 0. The van der Waals surface area contributed by atoms with Crippen molar-refractivity contribution in [2.75, 3.05) is 19.7 Å². The zero-order valence-electron chi connectivity index (χ0n) is 15.1. The van der Waals surface area contributed by atoms with Crippen LogP contribution in [0.3, 0.4) is 0 Å². The Kier molecular flexibility index (Phi) is 5.55. The molecule has 0 radical (unpaired) electrons. The molecule has 7 heteroatoms. The Morgan fingerprint density at radius 2 is 1.85 bits per heavy atom. The molecule has 3 heterocycles. The Balaban J connectivity index is 1.66. The first kappa shape index (κ1) is 17.5. The lowest BCUT2D eigenvalue weighted by molar-refractivity contribution is 0.0909. The Morgan fingerprint density at radius 1 is 1.08 bits per heavy atom. The average molecular weight is 359 g/mol. The van der Waals surface area contributed by atoms with E-state index in [9.17, 15) is 4.39 Å². The maximum atomic E-state index is 13.5. The van der Waals surface area contributed by atoms with Crippen LogP contribution in [-0.4, -0.2) is 50.9 Å². The van der Waals surface area contributed by atoms with E-state index in [1.54, 1.807) is 0 Å². The van der Waals surface area contributed by atoms with E-state index in [4.69, 9.17) is 4.74 Å². The summed E-state index contributed by atoms with van der Waals surface area (Å²) in [5.74, 6) is 0.608. The zero-order chi connectivity index (χ0) is 17.8. The van der Waals surface area contributed by atoms with Crippen LogP contribution in [0, 0.1) is 5.82 Å². The molecule has 0 bridgehead atoms. The second kappa shape index (κ2) is 8.22. The summed E-state index contributed by atoms with van der Waals surface area (Å²) in [6.45, 7) is 3.51. The fourth-order valence-electron chi connectivity index (χ4n) is 4.04. The monoisotopic (exact) mass is 359 g/mol. The summed E-state index contributed by atoms with van der Waals surface area (Å²) in [4.78, 5) is 2.44. The van der Waals surface area contributed by atoms with Crippen LogP contribution in [0.25, 0.3) is 0 Å². The Morgan fingerprint density at radius 3 is 2.54 bits per heavy atom. The van der Waals surface area contributed by atoms with E-state index in [1.165, 1.54) is 37.8 Å². The zero-order valence-corrected chi connectivity index (χ0v) is 15.1. The quantitative estimate of drug-likeness (QED) is 0.821. The van der Waals surface area contributed by atoms with Gasteiger partial charge in [-0.05, 0) is 66.9 Å². The van der Waals surface area contributed by atoms with Gasteiger partial charge in [-0.1, -0.05) is 25.0 Å². The van der Waals surface area contributed by atoms with Crippen molar-refractivity contribution in [1.82, 2.24) is 25.1 Å². The second-order valence-corrected chi connectivity index (χ2v) is 7.26. The van der Waals surface area contributed by atoms with Crippen molar-refractivity contribution < 1.29 is 9.13 Å². The molecule has 2 aromatic rings. The lowest BCUT2D eigenvalue weighted by Gasteiger charge is -2.30. The van der Waals surface area contributed by atoms with Crippen molar-refractivity contribution >= 4 is 0 Å². The highest BCUT2D eigenvalue weighted by Gasteiger charge is 2.29. The van der Waals surface area contributed by atoms with Gasteiger partial charge in [-0.2, -0.15) is 0 Å². The third kappa shape index (κ3) is 3.94. The van der Waals surface area contributed by atoms with Crippen LogP contribution in [0.2, 0.25) is 0 Å². The number of aromatic nitrogens is 4. The standard InChI is InChI=1S/C19H26FN5O/c20-16-9-7-15(8-10-16)18(24-11-3-1-2-4-12-24)19-21-22-23-25(19)14-17-6-5-13-26-17/h7-10,17-18H,1-6,11-14H2. The van der Waals surface area contributed by atoms with Crippen LogP contribution >= 0.6 is 0 Å². The van der Waals surface area contributed by atoms with Crippen molar-refractivity contribution in [3.63, 3.8) is 0 Å². The van der Waals surface area contributed by atoms with Crippen LogP contribution in [0.5, 0.6) is 0 Å². The summed E-state index contributed by atoms with van der Waals surface area (Å²) in [6, 6.07) is 6.71. The minimum absolute atomic E-state index is 0.0508. The van der Waals surface area contributed by atoms with E-state index >= 15 is 0 Å². The number of likely N-dealkylation sites (tertiary alicyclic amines) is 1. The van der Waals surface area contributed by atoms with Gasteiger partial charge in [0, 0.05) is 6.61 Å². The van der Waals surface area contributed by atoms with E-state index in [-0.39, 0.29) is 18.0 Å². The number of benzene rings is 1. The third-order valence-corrected chi connectivity index (χ3v) is 5.40. The summed E-state index contributed by atoms with van der Waals surface area (Å²) in [5.41, 5.74) is 1.04. The Bertz CT molecular complexity index is 690. The number of halogens is 1. The number of nitrogens with zero attached hydrogens (tertiary/aromatic N) is 5. The molecular formula is C19H26FN5O. The number of hydrogen-bond acceptors (Lipinski definition) is 5. The molecule has 0 saturated carbocycles. The summed E-state index contributed by atoms with van der Waals surface area (Å²) in [6.07, 6.45) is 7.17. The Labute approximate surface area is 153 Å². The predicted octanol–water partition coefficient (Wildman–Crippen LogP) is 2.96. The van der Waals surface area contributed by atoms with Crippen molar-refractivity contribution in [1.29, 1.82) is 0 Å². The smallest absolute Gasteiger partial charge is 0.173 e. The summed E-state index contributed by atoms with van der Waals surface area (Å²) < 4.78 is 21.1. The topological polar surface area (TPSA) is 56.1 Å². The summed E-state index contributed by atoms with van der Waals surface area (Å²) in [7, 11) is 0. The summed E-state index contributed by atoms with van der Waals surface area (Å²) >= 11 is 0. The van der Waals surface area contributed by atoms with E-state index in [2.05, 4.69) is 20.4 Å². The van der Waals surface area contributed by atoms with Crippen LogP contribution in [0.1, 0.15) is 56.0 Å². The number of ether oxygens (including phenoxy) is 1. The molecule has 0 spiro atoms. The fraction of sp³-hybridized carbons (Fsp3) is 0.632. The van der Waals surface area contributed by atoms with Gasteiger partial charge in [-0.15, -0.1) is 5.10 Å². The minimum atomic E-state index is -0.220. The molecule has 140 valence electrons. The van der Waals surface area contributed by atoms with Crippen molar-refractivity contribution in [3.05, 3.63) is 41.5 Å². The van der Waals surface area contributed by atoms with Gasteiger partial charge in [0.05, 0.1) is 18.7 Å². The summed E-state index contributed by atoms with van der Waals surface area (Å²) in [5, 5.41) is 12.6. The van der Waals surface area contributed by atoms with Gasteiger partial charge in [0.1, 0.15) is 5.82 Å². The Hall–Kier alpha value is -1.86. The highest BCUT2D eigenvalue weighted by atomic mass is 19.1. The van der Waals surface area contributed by atoms with Gasteiger partial charge in [0.25, 0.3) is 0 Å². The second-order valence-electron chi connectivity index (χ2n) is 7.26. The van der Waals surface area contributed by atoms with E-state index in [1.807, 2.05) is 16.8 Å². The first-order valence-corrected chi connectivity index (χ1v) is 9.68. The third-order valence-electron chi connectivity index (χ3n) is 5.40. The highest BCUT2D eigenvalue weighted by Crippen LogP contribution is 2.30. The van der Waals surface area contributed by atoms with Gasteiger partial charge < -0.3 is 4.74 Å². The molecule has 6 nitrogen and oxygen atoms in total. The first-order chi connectivity index (χ1) is 12.8. The molecular weight excluding hydrogens is 333 g/mol. The van der Waals surface area contributed by atoms with Gasteiger partial charge in [0.15, 0.2) is 5.82 Å². The lowest BCUT2D eigenvalue weighted by atomic mass is 10.0. The SMILES string of the molecule is Fc1ccc(C(c2nnnn2CC2CCCO2)N2CCCCCC2)cc1. The molecule has 0 aliphatic carbocycles. The lowest BCUT2D eigenvalue weighted by Crippen LogP contribution is -2.33. The largest absolute Gasteiger partial charge is 0.376 e. The maximum absolute atomic E-state index is 13.5. The van der Waals surface area contributed by atoms with Crippen LogP contribution in [-0.2, 0) is 11.3 Å². The van der Waals surface area contributed by atoms with Crippen molar-refractivity contribution in [3.8, 4) is 0 Å². The molecule has 2 atom stereocenters. The van der Waals surface area contributed by atoms with Gasteiger partial charge >= 0.3 is 0 Å². The normalized spacial score (nSPS) is 23.0. The van der Waals surface area contributed by atoms with E-state index in [0.717, 1.165) is 43.9 Å². The molecule has 0 amide bonds.